The molecule has 0 bridgehead atoms. The number of likely N-dealkylation sites (tertiary alicyclic amines) is 1. The Bertz CT molecular complexity index is 412. The summed E-state index contributed by atoms with van der Waals surface area (Å²) < 4.78 is 5.71. The summed E-state index contributed by atoms with van der Waals surface area (Å²) in [6, 6.07) is 3.32. The second kappa shape index (κ2) is 7.97. The van der Waals surface area contributed by atoms with Gasteiger partial charge in [0.05, 0.1) is 12.8 Å². The van der Waals surface area contributed by atoms with E-state index >= 15 is 0 Å². The van der Waals surface area contributed by atoms with Gasteiger partial charge < -0.3 is 9.73 Å². The van der Waals surface area contributed by atoms with Crippen molar-refractivity contribution in [2.45, 2.75) is 59.3 Å². The number of nitrogens with one attached hydrogen (secondary N) is 1. The van der Waals surface area contributed by atoms with E-state index in [2.05, 4.69) is 48.9 Å². The second-order valence-corrected chi connectivity index (χ2v) is 6.30. The van der Waals surface area contributed by atoms with Crippen molar-refractivity contribution in [1.82, 2.24) is 15.1 Å². The molecule has 1 aliphatic rings. The fourth-order valence-corrected chi connectivity index (χ4v) is 3.17. The van der Waals surface area contributed by atoms with Crippen LogP contribution in [0.4, 0.5) is 0 Å². The molecule has 0 spiro atoms. The van der Waals surface area contributed by atoms with Gasteiger partial charge in [-0.15, -0.1) is 0 Å². The first kappa shape index (κ1) is 16.5. The van der Waals surface area contributed by atoms with Gasteiger partial charge in [-0.05, 0) is 25.6 Å². The van der Waals surface area contributed by atoms with Crippen LogP contribution in [0, 0.1) is 0 Å². The second-order valence-electron chi connectivity index (χ2n) is 6.30. The fourth-order valence-electron chi connectivity index (χ4n) is 3.17. The molecule has 1 unspecified atom stereocenters. The van der Waals surface area contributed by atoms with Crippen LogP contribution < -0.4 is 5.32 Å². The van der Waals surface area contributed by atoms with Crippen LogP contribution >= 0.6 is 0 Å². The summed E-state index contributed by atoms with van der Waals surface area (Å²) in [6.45, 7) is 15.4. The summed E-state index contributed by atoms with van der Waals surface area (Å²) in [5.74, 6) is 1.13. The lowest BCUT2D eigenvalue weighted by Gasteiger charge is -2.26. The van der Waals surface area contributed by atoms with Gasteiger partial charge in [0, 0.05) is 37.3 Å². The monoisotopic (exact) mass is 293 g/mol. The Morgan fingerprint density at radius 1 is 1.38 bits per heavy atom. The topological polar surface area (TPSA) is 31.6 Å². The molecule has 0 radical (unpaired) electrons. The van der Waals surface area contributed by atoms with E-state index in [0.717, 1.165) is 31.9 Å². The predicted molar refractivity (Wildman–Crippen MR) is 87.3 cm³/mol. The van der Waals surface area contributed by atoms with Crippen LogP contribution in [0.15, 0.2) is 16.7 Å². The molecule has 0 saturated carbocycles. The highest BCUT2D eigenvalue weighted by Gasteiger charge is 2.27. The first-order valence-corrected chi connectivity index (χ1v) is 8.39. The Morgan fingerprint density at radius 3 is 2.81 bits per heavy atom. The van der Waals surface area contributed by atoms with E-state index in [1.807, 2.05) is 6.26 Å². The minimum atomic E-state index is 0.506. The normalized spacial score (nSPS) is 20.0. The molecule has 1 atom stereocenters. The molecule has 0 aromatic carbocycles. The summed E-state index contributed by atoms with van der Waals surface area (Å²) in [5.41, 5.74) is 1.30. The molecule has 1 saturated heterocycles. The fraction of sp³-hybridized carbons (Fsp3) is 0.765. The molecule has 2 rings (SSSR count). The van der Waals surface area contributed by atoms with Crippen molar-refractivity contribution in [3.63, 3.8) is 0 Å². The minimum absolute atomic E-state index is 0.506. The number of hydrogen-bond acceptors (Lipinski definition) is 4. The molecule has 0 aliphatic carbocycles. The van der Waals surface area contributed by atoms with Crippen molar-refractivity contribution in [3.05, 3.63) is 23.7 Å². The maximum Gasteiger partial charge on any atom is 0.122 e. The Hall–Kier alpha value is -0.840. The molecule has 1 aromatic heterocycles. The van der Waals surface area contributed by atoms with Crippen molar-refractivity contribution < 1.29 is 4.42 Å². The van der Waals surface area contributed by atoms with Gasteiger partial charge in [-0.1, -0.05) is 27.7 Å². The Morgan fingerprint density at radius 2 is 2.14 bits per heavy atom. The van der Waals surface area contributed by atoms with Crippen LogP contribution in [0.25, 0.3) is 0 Å². The summed E-state index contributed by atoms with van der Waals surface area (Å²) >= 11 is 0. The molecular formula is C17H31N3O. The van der Waals surface area contributed by atoms with Gasteiger partial charge >= 0.3 is 0 Å². The van der Waals surface area contributed by atoms with Crippen molar-refractivity contribution in [2.75, 3.05) is 26.2 Å². The minimum Gasteiger partial charge on any atom is -0.468 e. The van der Waals surface area contributed by atoms with Crippen LogP contribution in [0.2, 0.25) is 0 Å². The van der Waals surface area contributed by atoms with Crippen LogP contribution in [0.5, 0.6) is 0 Å². The van der Waals surface area contributed by atoms with Gasteiger partial charge in [0.1, 0.15) is 5.76 Å². The van der Waals surface area contributed by atoms with E-state index in [9.17, 15) is 0 Å². The highest BCUT2D eigenvalue weighted by Crippen LogP contribution is 2.20. The number of nitrogens with zero attached hydrogens (tertiary/aromatic N) is 2. The van der Waals surface area contributed by atoms with E-state index in [0.29, 0.717) is 12.1 Å². The molecular weight excluding hydrogens is 262 g/mol. The zero-order valence-corrected chi connectivity index (χ0v) is 14.1. The zero-order valence-electron chi connectivity index (χ0n) is 14.1. The molecule has 0 amide bonds. The summed E-state index contributed by atoms with van der Waals surface area (Å²) in [4.78, 5) is 5.10. The zero-order chi connectivity index (χ0) is 15.2. The molecule has 120 valence electrons. The van der Waals surface area contributed by atoms with Crippen LogP contribution in [0.1, 0.15) is 45.4 Å². The summed E-state index contributed by atoms with van der Waals surface area (Å²) in [6.07, 6.45) is 3.10. The van der Waals surface area contributed by atoms with E-state index in [-0.39, 0.29) is 0 Å². The standard InChI is InChI=1S/C17H31N3O/c1-5-20(6-2)16-7-9-19(12-16)13-17-15(8-10-21-17)11-18-14(3)4/h8,10,14,16,18H,5-7,9,11-13H2,1-4H3. The lowest BCUT2D eigenvalue weighted by atomic mass is 10.2. The first-order chi connectivity index (χ1) is 10.1. The molecule has 1 N–H and O–H groups in total. The van der Waals surface area contributed by atoms with Crippen LogP contribution in [-0.4, -0.2) is 48.1 Å². The highest BCUT2D eigenvalue weighted by atomic mass is 16.3. The summed E-state index contributed by atoms with van der Waals surface area (Å²) in [5, 5.41) is 3.47. The van der Waals surface area contributed by atoms with Crippen molar-refractivity contribution in [3.8, 4) is 0 Å². The number of furan rings is 1. The number of rotatable bonds is 8. The van der Waals surface area contributed by atoms with Crippen LogP contribution in [-0.2, 0) is 13.1 Å². The third-order valence-corrected chi connectivity index (χ3v) is 4.48. The highest BCUT2D eigenvalue weighted by molar-refractivity contribution is 5.17. The molecule has 21 heavy (non-hydrogen) atoms. The van der Waals surface area contributed by atoms with Gasteiger partial charge in [-0.2, -0.15) is 0 Å². The third-order valence-electron chi connectivity index (χ3n) is 4.48. The molecule has 1 aromatic rings. The Labute approximate surface area is 129 Å². The van der Waals surface area contributed by atoms with Gasteiger partial charge in [-0.3, -0.25) is 9.80 Å². The quantitative estimate of drug-likeness (QED) is 0.798. The lowest BCUT2D eigenvalue weighted by Crippen LogP contribution is -2.37. The Kier molecular flexibility index (Phi) is 6.27. The largest absolute Gasteiger partial charge is 0.468 e. The van der Waals surface area contributed by atoms with Gasteiger partial charge in [-0.25, -0.2) is 0 Å². The Balaban J connectivity index is 1.87. The first-order valence-electron chi connectivity index (χ1n) is 8.39. The summed E-state index contributed by atoms with van der Waals surface area (Å²) in [7, 11) is 0. The maximum absolute atomic E-state index is 5.71. The average molecular weight is 293 g/mol. The van der Waals surface area contributed by atoms with E-state index < -0.39 is 0 Å². The van der Waals surface area contributed by atoms with Crippen molar-refractivity contribution >= 4 is 0 Å². The van der Waals surface area contributed by atoms with Gasteiger partial charge in [0.2, 0.25) is 0 Å². The molecule has 4 nitrogen and oxygen atoms in total. The molecule has 1 aliphatic heterocycles. The van der Waals surface area contributed by atoms with E-state index in [1.54, 1.807) is 0 Å². The maximum atomic E-state index is 5.71. The van der Waals surface area contributed by atoms with Crippen molar-refractivity contribution in [1.29, 1.82) is 0 Å². The number of likely N-dealkylation sites (N-methyl/N-ethyl adjacent to an activating group) is 1. The number of hydrogen-bond donors (Lipinski definition) is 1. The lowest BCUT2D eigenvalue weighted by molar-refractivity contribution is 0.204. The van der Waals surface area contributed by atoms with E-state index in [4.69, 9.17) is 4.42 Å². The SMILES string of the molecule is CCN(CC)C1CCN(Cc2occc2CNC(C)C)C1. The van der Waals surface area contributed by atoms with Crippen LogP contribution in [0.3, 0.4) is 0 Å². The molecule has 1 fully saturated rings. The van der Waals surface area contributed by atoms with E-state index in [1.165, 1.54) is 25.1 Å². The third kappa shape index (κ3) is 4.56. The van der Waals surface area contributed by atoms with Gasteiger partial charge in [0.25, 0.3) is 0 Å². The average Bonchev–Trinajstić information content (AvgIpc) is 3.08. The van der Waals surface area contributed by atoms with Gasteiger partial charge in [0.15, 0.2) is 0 Å². The molecule has 4 heteroatoms. The van der Waals surface area contributed by atoms with Crippen molar-refractivity contribution in [2.24, 2.45) is 0 Å². The smallest absolute Gasteiger partial charge is 0.122 e. The molecule has 2 heterocycles. The predicted octanol–water partition coefficient (Wildman–Crippen LogP) is 2.69.